The van der Waals surface area contributed by atoms with Crippen molar-refractivity contribution < 1.29 is 13.9 Å². The average Bonchev–Trinajstić information content (AvgIpc) is 2.55. The van der Waals surface area contributed by atoms with Gasteiger partial charge in [-0.2, -0.15) is 0 Å². The van der Waals surface area contributed by atoms with Crippen LogP contribution >= 0.6 is 0 Å². The molecular weight excluding hydrogens is 283 g/mol. The number of ether oxygens (including phenoxy) is 1. The highest BCUT2D eigenvalue weighted by atomic mass is 19.1. The highest BCUT2D eigenvalue weighted by Gasteiger charge is 2.25. The maximum atomic E-state index is 14.1. The zero-order chi connectivity index (χ0) is 15.5. The van der Waals surface area contributed by atoms with Crippen LogP contribution in [0.5, 0.6) is 0 Å². The molecule has 120 valence electrons. The van der Waals surface area contributed by atoms with Crippen molar-refractivity contribution in [2.24, 2.45) is 0 Å². The molecule has 0 bridgehead atoms. The lowest BCUT2D eigenvalue weighted by atomic mass is 9.89. The van der Waals surface area contributed by atoms with Crippen molar-refractivity contribution in [3.05, 3.63) is 35.1 Å². The molecule has 2 aliphatic heterocycles. The van der Waals surface area contributed by atoms with Gasteiger partial charge in [0.05, 0.1) is 18.3 Å². The predicted octanol–water partition coefficient (Wildman–Crippen LogP) is 2.15. The number of rotatable bonds is 2. The van der Waals surface area contributed by atoms with Crippen LogP contribution in [0.1, 0.15) is 41.6 Å². The van der Waals surface area contributed by atoms with Gasteiger partial charge in [0.25, 0.3) is 5.91 Å². The van der Waals surface area contributed by atoms with Crippen LogP contribution in [-0.2, 0) is 4.74 Å². The summed E-state index contributed by atoms with van der Waals surface area (Å²) in [5, 5.41) is 3.33. The summed E-state index contributed by atoms with van der Waals surface area (Å²) < 4.78 is 19.6. The highest BCUT2D eigenvalue weighted by molar-refractivity contribution is 5.94. The molecular formula is C17H23FN2O2. The van der Waals surface area contributed by atoms with E-state index in [1.165, 1.54) is 6.07 Å². The Labute approximate surface area is 130 Å². The lowest BCUT2D eigenvalue weighted by molar-refractivity contribution is -0.0125. The summed E-state index contributed by atoms with van der Waals surface area (Å²) in [6, 6.07) is 5.02. The van der Waals surface area contributed by atoms with E-state index in [1.807, 2.05) is 13.0 Å². The van der Waals surface area contributed by atoms with Gasteiger partial charge in [0.2, 0.25) is 0 Å². The van der Waals surface area contributed by atoms with Crippen molar-refractivity contribution in [1.82, 2.24) is 10.2 Å². The fourth-order valence-electron chi connectivity index (χ4n) is 3.29. The van der Waals surface area contributed by atoms with E-state index in [0.717, 1.165) is 31.5 Å². The van der Waals surface area contributed by atoms with Crippen LogP contribution in [0.15, 0.2) is 18.2 Å². The molecule has 0 radical (unpaired) electrons. The van der Waals surface area contributed by atoms with Gasteiger partial charge in [-0.3, -0.25) is 4.79 Å². The second-order valence-corrected chi connectivity index (χ2v) is 6.20. The molecule has 2 aliphatic rings. The molecule has 2 saturated heterocycles. The molecule has 1 unspecified atom stereocenters. The molecule has 0 aliphatic carbocycles. The van der Waals surface area contributed by atoms with E-state index in [0.29, 0.717) is 25.6 Å². The molecule has 1 N–H and O–H groups in total. The second-order valence-electron chi connectivity index (χ2n) is 6.20. The van der Waals surface area contributed by atoms with Gasteiger partial charge in [0.1, 0.15) is 5.82 Å². The molecule has 1 atom stereocenters. The molecule has 1 aromatic rings. The first-order chi connectivity index (χ1) is 10.6. The van der Waals surface area contributed by atoms with Gasteiger partial charge >= 0.3 is 0 Å². The number of halogens is 1. The minimum atomic E-state index is -0.429. The summed E-state index contributed by atoms with van der Waals surface area (Å²) in [5.74, 6) is -0.234. The third-order valence-electron chi connectivity index (χ3n) is 4.56. The molecule has 0 aromatic heterocycles. The topological polar surface area (TPSA) is 41.6 Å². The van der Waals surface area contributed by atoms with E-state index in [1.54, 1.807) is 11.0 Å². The van der Waals surface area contributed by atoms with E-state index in [4.69, 9.17) is 4.74 Å². The van der Waals surface area contributed by atoms with Crippen molar-refractivity contribution in [1.29, 1.82) is 0 Å². The zero-order valence-corrected chi connectivity index (χ0v) is 13.0. The molecule has 3 rings (SSSR count). The number of hydrogen-bond acceptors (Lipinski definition) is 3. The van der Waals surface area contributed by atoms with E-state index in [9.17, 15) is 9.18 Å². The molecule has 0 spiro atoms. The minimum absolute atomic E-state index is 0.00774. The van der Waals surface area contributed by atoms with Crippen LogP contribution in [0.2, 0.25) is 0 Å². The monoisotopic (exact) mass is 306 g/mol. The Bertz CT molecular complexity index is 543. The third-order valence-corrected chi connectivity index (χ3v) is 4.56. The Morgan fingerprint density at radius 1 is 1.36 bits per heavy atom. The number of piperidine rings is 1. The standard InChI is InChI=1S/C17H23FN2O2/c1-12-11-20(8-9-22-12)17(21)15-10-14(2-3-16(15)18)13-4-6-19-7-5-13/h2-3,10,12-13,19H,4-9,11H2,1H3. The van der Waals surface area contributed by atoms with Crippen LogP contribution in [0.4, 0.5) is 4.39 Å². The summed E-state index contributed by atoms with van der Waals surface area (Å²) in [7, 11) is 0. The Balaban J connectivity index is 1.81. The Kier molecular flexibility index (Phi) is 4.74. The summed E-state index contributed by atoms with van der Waals surface area (Å²) in [6.07, 6.45) is 2.08. The number of carbonyl (C=O) groups is 1. The van der Waals surface area contributed by atoms with Gasteiger partial charge in [0.15, 0.2) is 0 Å². The molecule has 5 heteroatoms. The van der Waals surface area contributed by atoms with E-state index in [2.05, 4.69) is 5.32 Å². The first-order valence-corrected chi connectivity index (χ1v) is 8.06. The minimum Gasteiger partial charge on any atom is -0.375 e. The maximum Gasteiger partial charge on any atom is 0.257 e. The third kappa shape index (κ3) is 3.31. The zero-order valence-electron chi connectivity index (χ0n) is 13.0. The number of hydrogen-bond donors (Lipinski definition) is 1. The summed E-state index contributed by atoms with van der Waals surface area (Å²) in [5.41, 5.74) is 1.28. The number of morpholine rings is 1. The van der Waals surface area contributed by atoms with Crippen LogP contribution in [-0.4, -0.2) is 49.7 Å². The van der Waals surface area contributed by atoms with Gasteiger partial charge in [-0.05, 0) is 56.5 Å². The van der Waals surface area contributed by atoms with Crippen molar-refractivity contribution in [2.45, 2.75) is 31.8 Å². The highest BCUT2D eigenvalue weighted by Crippen LogP contribution is 2.27. The fraction of sp³-hybridized carbons (Fsp3) is 0.588. The number of nitrogens with one attached hydrogen (secondary N) is 1. The van der Waals surface area contributed by atoms with E-state index in [-0.39, 0.29) is 17.6 Å². The van der Waals surface area contributed by atoms with Crippen LogP contribution in [0.25, 0.3) is 0 Å². The number of carbonyl (C=O) groups excluding carboxylic acids is 1. The van der Waals surface area contributed by atoms with Crippen molar-refractivity contribution in [3.63, 3.8) is 0 Å². The number of amides is 1. The van der Waals surface area contributed by atoms with Crippen molar-refractivity contribution in [3.8, 4) is 0 Å². The van der Waals surface area contributed by atoms with Gasteiger partial charge in [0, 0.05) is 13.1 Å². The first kappa shape index (κ1) is 15.4. The quantitative estimate of drug-likeness (QED) is 0.910. The summed E-state index contributed by atoms with van der Waals surface area (Å²) in [6.45, 7) is 5.46. The Morgan fingerprint density at radius 3 is 2.86 bits per heavy atom. The maximum absolute atomic E-state index is 14.1. The largest absolute Gasteiger partial charge is 0.375 e. The SMILES string of the molecule is CC1CN(C(=O)c2cc(C3CCNCC3)ccc2F)CCO1. The molecule has 22 heavy (non-hydrogen) atoms. The summed E-state index contributed by atoms with van der Waals surface area (Å²) >= 11 is 0. The van der Waals surface area contributed by atoms with Gasteiger partial charge < -0.3 is 15.0 Å². The second kappa shape index (κ2) is 6.75. The summed E-state index contributed by atoms with van der Waals surface area (Å²) in [4.78, 5) is 14.3. The van der Waals surface area contributed by atoms with Crippen LogP contribution in [0, 0.1) is 5.82 Å². The van der Waals surface area contributed by atoms with Crippen LogP contribution in [0.3, 0.4) is 0 Å². The predicted molar refractivity (Wildman–Crippen MR) is 82.6 cm³/mol. The van der Waals surface area contributed by atoms with E-state index < -0.39 is 5.82 Å². The number of benzene rings is 1. The van der Waals surface area contributed by atoms with Crippen LogP contribution < -0.4 is 5.32 Å². The van der Waals surface area contributed by atoms with Gasteiger partial charge in [-0.1, -0.05) is 6.07 Å². The Morgan fingerprint density at radius 2 is 2.14 bits per heavy atom. The fourth-order valence-corrected chi connectivity index (χ4v) is 3.29. The molecule has 2 fully saturated rings. The average molecular weight is 306 g/mol. The Hall–Kier alpha value is -1.46. The van der Waals surface area contributed by atoms with E-state index >= 15 is 0 Å². The van der Waals surface area contributed by atoms with Gasteiger partial charge in [-0.25, -0.2) is 4.39 Å². The first-order valence-electron chi connectivity index (χ1n) is 8.06. The van der Waals surface area contributed by atoms with Gasteiger partial charge in [-0.15, -0.1) is 0 Å². The normalized spacial score (nSPS) is 23.5. The smallest absolute Gasteiger partial charge is 0.257 e. The molecule has 4 nitrogen and oxygen atoms in total. The number of nitrogens with zero attached hydrogens (tertiary/aromatic N) is 1. The van der Waals surface area contributed by atoms with Crippen molar-refractivity contribution in [2.75, 3.05) is 32.8 Å². The molecule has 1 aromatic carbocycles. The lowest BCUT2D eigenvalue weighted by Gasteiger charge is -2.31. The molecule has 2 heterocycles. The molecule has 1 amide bonds. The molecule has 0 saturated carbocycles. The van der Waals surface area contributed by atoms with Crippen molar-refractivity contribution >= 4 is 5.91 Å². The lowest BCUT2D eigenvalue weighted by Crippen LogP contribution is -2.44.